The van der Waals surface area contributed by atoms with E-state index in [1.54, 1.807) is 18.2 Å². The summed E-state index contributed by atoms with van der Waals surface area (Å²) >= 11 is 3.17. The molecule has 1 heterocycles. The number of benzene rings is 1. The van der Waals surface area contributed by atoms with Crippen LogP contribution in [-0.4, -0.2) is 23.0 Å². The molecule has 0 aliphatic heterocycles. The molecule has 2 rings (SSSR count). The molecule has 0 saturated heterocycles. The van der Waals surface area contributed by atoms with Crippen LogP contribution in [0.15, 0.2) is 35.2 Å². The third-order valence-electron chi connectivity index (χ3n) is 2.35. The first-order valence-corrected chi connectivity index (χ1v) is 6.12. The van der Waals surface area contributed by atoms with Crippen molar-refractivity contribution < 1.29 is 9.53 Å². The second kappa shape index (κ2) is 5.66. The average molecular weight is 323 g/mol. The number of halogens is 1. The molecule has 0 radical (unpaired) electrons. The first-order chi connectivity index (χ1) is 9.10. The van der Waals surface area contributed by atoms with Gasteiger partial charge in [-0.15, -0.1) is 0 Å². The van der Waals surface area contributed by atoms with Crippen LogP contribution in [0.25, 0.3) is 0 Å². The lowest BCUT2D eigenvalue weighted by atomic mass is 10.2. The number of nitrogen functional groups attached to an aromatic ring is 1. The zero-order valence-corrected chi connectivity index (χ0v) is 11.6. The molecule has 0 spiro atoms. The minimum atomic E-state index is -0.314. The molecule has 0 fully saturated rings. The molecule has 1 aromatic carbocycles. The lowest BCUT2D eigenvalue weighted by Gasteiger charge is -2.07. The number of rotatable bonds is 3. The largest absolute Gasteiger partial charge is 0.495 e. The van der Waals surface area contributed by atoms with Crippen LogP contribution in [-0.2, 0) is 0 Å². The van der Waals surface area contributed by atoms with Crippen molar-refractivity contribution in [2.45, 2.75) is 0 Å². The molecule has 1 aromatic heterocycles. The number of carbonyl (C=O) groups is 1. The number of nitrogens with two attached hydrogens (primary N) is 1. The second-order valence-electron chi connectivity index (χ2n) is 3.64. The van der Waals surface area contributed by atoms with E-state index in [0.29, 0.717) is 27.4 Å². The Balaban J connectivity index is 2.16. The van der Waals surface area contributed by atoms with E-state index in [1.165, 1.54) is 19.5 Å². The number of aromatic nitrogens is 2. The summed E-state index contributed by atoms with van der Waals surface area (Å²) in [5, 5.41) is 2.62. The molecule has 0 aliphatic rings. The number of hydrogen-bond acceptors (Lipinski definition) is 5. The van der Waals surface area contributed by atoms with Gasteiger partial charge < -0.3 is 15.8 Å². The summed E-state index contributed by atoms with van der Waals surface area (Å²) in [4.78, 5) is 19.9. The summed E-state index contributed by atoms with van der Waals surface area (Å²) < 4.78 is 5.62. The van der Waals surface area contributed by atoms with Gasteiger partial charge in [-0.05, 0) is 34.1 Å². The molecule has 3 N–H and O–H groups in total. The highest BCUT2D eigenvalue weighted by molar-refractivity contribution is 9.10. The van der Waals surface area contributed by atoms with Crippen molar-refractivity contribution in [3.05, 3.63) is 40.8 Å². The van der Waals surface area contributed by atoms with Gasteiger partial charge in [-0.1, -0.05) is 0 Å². The maximum atomic E-state index is 12.0. The first kappa shape index (κ1) is 13.3. The van der Waals surface area contributed by atoms with E-state index in [4.69, 9.17) is 10.5 Å². The minimum absolute atomic E-state index is 0.314. The highest BCUT2D eigenvalue weighted by Crippen LogP contribution is 2.22. The van der Waals surface area contributed by atoms with E-state index in [0.717, 1.165) is 0 Å². The van der Waals surface area contributed by atoms with Crippen molar-refractivity contribution in [2.24, 2.45) is 0 Å². The minimum Gasteiger partial charge on any atom is -0.495 e. The fraction of sp³-hybridized carbons (Fsp3) is 0.0833. The molecule has 0 saturated carbocycles. The van der Waals surface area contributed by atoms with Crippen LogP contribution in [0.2, 0.25) is 0 Å². The van der Waals surface area contributed by atoms with Crippen LogP contribution in [0.5, 0.6) is 5.75 Å². The Kier molecular flexibility index (Phi) is 3.96. The Bertz CT molecular complexity index is 601. The standard InChI is InChI=1S/C12H11BrN4O2/c1-19-9-3-2-7(4-8(9)14)12(18)17-11-6-15-10(13)5-16-11/h2-6H,14H2,1H3,(H,16,17,18). The van der Waals surface area contributed by atoms with E-state index < -0.39 is 0 Å². The highest BCUT2D eigenvalue weighted by atomic mass is 79.9. The van der Waals surface area contributed by atoms with Crippen LogP contribution >= 0.6 is 15.9 Å². The average Bonchev–Trinajstić information content (AvgIpc) is 2.41. The molecular weight excluding hydrogens is 312 g/mol. The maximum absolute atomic E-state index is 12.0. The molecule has 0 bridgehead atoms. The number of amides is 1. The van der Waals surface area contributed by atoms with Gasteiger partial charge >= 0.3 is 0 Å². The number of nitrogens with one attached hydrogen (secondary N) is 1. The normalized spacial score (nSPS) is 10.0. The van der Waals surface area contributed by atoms with Crippen LogP contribution in [0.1, 0.15) is 10.4 Å². The van der Waals surface area contributed by atoms with E-state index in [2.05, 4.69) is 31.2 Å². The molecule has 7 heteroatoms. The van der Waals surface area contributed by atoms with Crippen molar-refractivity contribution in [3.63, 3.8) is 0 Å². The van der Waals surface area contributed by atoms with Gasteiger partial charge in [0.15, 0.2) is 5.82 Å². The monoisotopic (exact) mass is 322 g/mol. The van der Waals surface area contributed by atoms with Crippen molar-refractivity contribution in [2.75, 3.05) is 18.2 Å². The smallest absolute Gasteiger partial charge is 0.256 e. The number of methoxy groups -OCH3 is 1. The van der Waals surface area contributed by atoms with Crippen LogP contribution in [0.3, 0.4) is 0 Å². The third-order valence-corrected chi connectivity index (χ3v) is 2.76. The number of carbonyl (C=O) groups excluding carboxylic acids is 1. The van der Waals surface area contributed by atoms with Gasteiger partial charge in [0.1, 0.15) is 10.4 Å². The zero-order chi connectivity index (χ0) is 13.8. The van der Waals surface area contributed by atoms with Crippen molar-refractivity contribution in [1.82, 2.24) is 9.97 Å². The first-order valence-electron chi connectivity index (χ1n) is 5.32. The lowest BCUT2D eigenvalue weighted by molar-refractivity contribution is 0.102. The molecule has 0 atom stereocenters. The van der Waals surface area contributed by atoms with Gasteiger partial charge in [0.05, 0.1) is 25.2 Å². The fourth-order valence-electron chi connectivity index (χ4n) is 1.44. The molecule has 98 valence electrons. The molecule has 6 nitrogen and oxygen atoms in total. The Morgan fingerprint density at radius 1 is 1.37 bits per heavy atom. The van der Waals surface area contributed by atoms with E-state index in [1.807, 2.05) is 0 Å². The van der Waals surface area contributed by atoms with Crippen molar-refractivity contribution in [1.29, 1.82) is 0 Å². The van der Waals surface area contributed by atoms with Gasteiger partial charge in [-0.3, -0.25) is 4.79 Å². The summed E-state index contributed by atoms with van der Waals surface area (Å²) in [6.45, 7) is 0. The Hall–Kier alpha value is -2.15. The van der Waals surface area contributed by atoms with Crippen LogP contribution in [0.4, 0.5) is 11.5 Å². The predicted octanol–water partition coefficient (Wildman–Crippen LogP) is 2.08. The van der Waals surface area contributed by atoms with Gasteiger partial charge in [-0.2, -0.15) is 0 Å². The molecule has 2 aromatic rings. The Morgan fingerprint density at radius 3 is 2.74 bits per heavy atom. The van der Waals surface area contributed by atoms with E-state index in [-0.39, 0.29) is 5.91 Å². The Labute approximate surface area is 118 Å². The van der Waals surface area contributed by atoms with Gasteiger partial charge in [0.2, 0.25) is 0 Å². The quantitative estimate of drug-likeness (QED) is 0.844. The molecule has 0 aliphatic carbocycles. The second-order valence-corrected chi connectivity index (χ2v) is 4.45. The number of anilines is 2. The highest BCUT2D eigenvalue weighted by Gasteiger charge is 2.09. The van der Waals surface area contributed by atoms with Crippen molar-refractivity contribution >= 4 is 33.3 Å². The summed E-state index contributed by atoms with van der Waals surface area (Å²) in [6, 6.07) is 4.80. The van der Waals surface area contributed by atoms with E-state index in [9.17, 15) is 4.79 Å². The van der Waals surface area contributed by atoms with Gasteiger partial charge in [0.25, 0.3) is 5.91 Å². The molecule has 0 unspecified atom stereocenters. The molecule has 19 heavy (non-hydrogen) atoms. The SMILES string of the molecule is COc1ccc(C(=O)Nc2cnc(Br)cn2)cc1N. The predicted molar refractivity (Wildman–Crippen MR) is 75.1 cm³/mol. The lowest BCUT2D eigenvalue weighted by Crippen LogP contribution is -2.13. The summed E-state index contributed by atoms with van der Waals surface area (Å²) in [7, 11) is 1.52. The number of hydrogen-bond donors (Lipinski definition) is 2. The Morgan fingerprint density at radius 2 is 2.16 bits per heavy atom. The third kappa shape index (κ3) is 3.19. The topological polar surface area (TPSA) is 90.1 Å². The molecule has 1 amide bonds. The van der Waals surface area contributed by atoms with Crippen molar-refractivity contribution in [3.8, 4) is 5.75 Å². The number of ether oxygens (including phenoxy) is 1. The number of nitrogens with zero attached hydrogens (tertiary/aromatic N) is 2. The van der Waals surface area contributed by atoms with Crippen LogP contribution in [0, 0.1) is 0 Å². The van der Waals surface area contributed by atoms with Crippen LogP contribution < -0.4 is 15.8 Å². The summed E-state index contributed by atoms with van der Waals surface area (Å²) in [5.41, 5.74) is 6.56. The van der Waals surface area contributed by atoms with E-state index >= 15 is 0 Å². The molecular formula is C12H11BrN4O2. The maximum Gasteiger partial charge on any atom is 0.256 e. The summed E-state index contributed by atoms with van der Waals surface area (Å²) in [5.74, 6) is 0.577. The van der Waals surface area contributed by atoms with Gasteiger partial charge in [0, 0.05) is 5.56 Å². The zero-order valence-electron chi connectivity index (χ0n) is 10.1. The fourth-order valence-corrected chi connectivity index (χ4v) is 1.65. The van der Waals surface area contributed by atoms with Gasteiger partial charge in [-0.25, -0.2) is 9.97 Å². The summed E-state index contributed by atoms with van der Waals surface area (Å²) in [6.07, 6.45) is 2.95.